The molecule has 0 bridgehead atoms. The van der Waals surface area contributed by atoms with Crippen LogP contribution in [0.1, 0.15) is 77.0 Å². The van der Waals surface area contributed by atoms with E-state index in [1.807, 2.05) is 0 Å². The number of rotatable bonds is 6. The van der Waals surface area contributed by atoms with Crippen LogP contribution in [0.4, 0.5) is 0 Å². The molecule has 28 heavy (non-hydrogen) atoms. The van der Waals surface area contributed by atoms with Crippen LogP contribution in [0.5, 0.6) is 0 Å². The lowest BCUT2D eigenvalue weighted by molar-refractivity contribution is 0.00960. The molecule has 166 valence electrons. The standard InChI is InChI=1S/C17H37N3O6P2/c18-14(13-27(21,22)23)17(19,20)15(9-5-1-2-6-10-15)16(28(24,25)26)11-7-3-4-8-12-16/h14H,1-13,18-20H2,(H2,21,22,23)(H2,24,25,26). The Kier molecular flexibility index (Phi) is 7.63. The molecule has 1 unspecified atom stereocenters. The molecule has 2 saturated carbocycles. The van der Waals surface area contributed by atoms with Crippen LogP contribution in [-0.4, -0.2) is 42.6 Å². The lowest BCUT2D eigenvalue weighted by Crippen LogP contribution is -2.77. The van der Waals surface area contributed by atoms with Gasteiger partial charge in [0.05, 0.1) is 17.0 Å². The van der Waals surface area contributed by atoms with Crippen molar-refractivity contribution in [3.63, 3.8) is 0 Å². The van der Waals surface area contributed by atoms with Crippen molar-refractivity contribution in [2.75, 3.05) is 6.16 Å². The fourth-order valence-electron chi connectivity index (χ4n) is 5.76. The lowest BCUT2D eigenvalue weighted by atomic mass is 9.57. The summed E-state index contributed by atoms with van der Waals surface area (Å²) in [5, 5.41) is -1.42. The van der Waals surface area contributed by atoms with Crippen molar-refractivity contribution in [2.24, 2.45) is 22.6 Å². The van der Waals surface area contributed by atoms with Crippen molar-refractivity contribution in [3.8, 4) is 0 Å². The first-order valence-corrected chi connectivity index (χ1v) is 13.6. The molecule has 0 aliphatic heterocycles. The first kappa shape index (κ1) is 24.4. The van der Waals surface area contributed by atoms with Crippen molar-refractivity contribution in [3.05, 3.63) is 0 Å². The Labute approximate surface area is 167 Å². The third-order valence-electron chi connectivity index (χ3n) is 7.21. The second-order valence-electron chi connectivity index (χ2n) is 8.87. The molecule has 0 heterocycles. The summed E-state index contributed by atoms with van der Waals surface area (Å²) in [6, 6.07) is -1.28. The predicted molar refractivity (Wildman–Crippen MR) is 109 cm³/mol. The van der Waals surface area contributed by atoms with Crippen LogP contribution in [0, 0.1) is 5.41 Å². The molecule has 1 atom stereocenters. The Balaban J connectivity index is 2.66. The Morgan fingerprint density at radius 2 is 1.18 bits per heavy atom. The van der Waals surface area contributed by atoms with Crippen molar-refractivity contribution in [1.29, 1.82) is 0 Å². The zero-order valence-electron chi connectivity index (χ0n) is 16.5. The van der Waals surface area contributed by atoms with Gasteiger partial charge in [0.2, 0.25) is 0 Å². The highest BCUT2D eigenvalue weighted by molar-refractivity contribution is 7.53. The van der Waals surface area contributed by atoms with Crippen LogP contribution in [0.15, 0.2) is 0 Å². The van der Waals surface area contributed by atoms with Crippen molar-refractivity contribution in [1.82, 2.24) is 0 Å². The van der Waals surface area contributed by atoms with E-state index >= 15 is 0 Å². The van der Waals surface area contributed by atoms with E-state index in [1.54, 1.807) is 0 Å². The highest BCUT2D eigenvalue weighted by Gasteiger charge is 2.67. The SMILES string of the molecule is NC(CP(=O)(O)O)C(N)(N)C1(C2(P(=O)(O)O)CCCCCC2)CCCCCC1. The molecule has 0 aromatic carbocycles. The van der Waals surface area contributed by atoms with Gasteiger partial charge in [0.1, 0.15) is 0 Å². The van der Waals surface area contributed by atoms with Crippen LogP contribution >= 0.6 is 15.2 Å². The Hall–Kier alpha value is 0.180. The highest BCUT2D eigenvalue weighted by Crippen LogP contribution is 2.70. The van der Waals surface area contributed by atoms with Crippen molar-refractivity contribution >= 4 is 15.2 Å². The maximum atomic E-state index is 13.0. The predicted octanol–water partition coefficient (Wildman–Crippen LogP) is 1.72. The lowest BCUT2D eigenvalue weighted by Gasteiger charge is -2.59. The molecule has 0 aromatic rings. The average molecular weight is 441 g/mol. The van der Waals surface area contributed by atoms with E-state index in [2.05, 4.69) is 0 Å². The summed E-state index contributed by atoms with van der Waals surface area (Å²) in [6.07, 6.45) is 7.02. The second-order valence-corrected chi connectivity index (χ2v) is 12.5. The Bertz CT molecular complexity index is 616. The van der Waals surface area contributed by atoms with Gasteiger partial charge < -0.3 is 36.8 Å². The van der Waals surface area contributed by atoms with Gasteiger partial charge in [-0.2, -0.15) is 0 Å². The van der Waals surface area contributed by atoms with Crippen LogP contribution < -0.4 is 17.2 Å². The number of hydrogen-bond acceptors (Lipinski definition) is 5. The van der Waals surface area contributed by atoms with E-state index in [0.717, 1.165) is 25.7 Å². The fraction of sp³-hybridized carbons (Fsp3) is 1.00. The maximum Gasteiger partial charge on any atom is 0.332 e. The normalized spacial score (nSPS) is 25.5. The molecule has 2 rings (SSSR count). The third-order valence-corrected chi connectivity index (χ3v) is 10.1. The summed E-state index contributed by atoms with van der Waals surface area (Å²) >= 11 is 0. The highest BCUT2D eigenvalue weighted by atomic mass is 31.2. The number of nitrogens with two attached hydrogens (primary N) is 3. The minimum Gasteiger partial charge on any atom is -0.324 e. The van der Waals surface area contributed by atoms with E-state index < -0.39 is 43.6 Å². The molecule has 11 heteroatoms. The summed E-state index contributed by atoms with van der Waals surface area (Å²) in [4.78, 5) is 40.1. The van der Waals surface area contributed by atoms with Crippen LogP contribution in [0.2, 0.25) is 0 Å². The first-order valence-electron chi connectivity index (χ1n) is 10.2. The van der Waals surface area contributed by atoms with Crippen LogP contribution in [0.25, 0.3) is 0 Å². The summed E-state index contributed by atoms with van der Waals surface area (Å²) in [5.41, 5.74) is 16.3. The van der Waals surface area contributed by atoms with Crippen molar-refractivity contribution < 1.29 is 28.7 Å². The van der Waals surface area contributed by atoms with Gasteiger partial charge in [0.15, 0.2) is 0 Å². The topological polar surface area (TPSA) is 193 Å². The molecule has 0 aromatic heterocycles. The molecular weight excluding hydrogens is 404 g/mol. The molecule has 2 aliphatic carbocycles. The molecule has 2 fully saturated rings. The second kappa shape index (κ2) is 8.74. The molecule has 0 saturated heterocycles. The molecule has 0 spiro atoms. The van der Waals surface area contributed by atoms with Gasteiger partial charge in [-0.3, -0.25) is 9.13 Å². The van der Waals surface area contributed by atoms with Gasteiger partial charge in [0, 0.05) is 11.5 Å². The third kappa shape index (κ3) is 4.58. The van der Waals surface area contributed by atoms with Crippen LogP contribution in [0.3, 0.4) is 0 Å². The van der Waals surface area contributed by atoms with E-state index in [-0.39, 0.29) is 0 Å². The van der Waals surface area contributed by atoms with Gasteiger partial charge >= 0.3 is 15.2 Å². The first-order chi connectivity index (χ1) is 12.8. The van der Waals surface area contributed by atoms with E-state index in [4.69, 9.17) is 17.2 Å². The molecule has 2 aliphatic rings. The van der Waals surface area contributed by atoms with E-state index in [9.17, 15) is 28.7 Å². The van der Waals surface area contributed by atoms with Crippen LogP contribution in [-0.2, 0) is 9.13 Å². The summed E-state index contributed by atoms with van der Waals surface area (Å²) < 4.78 is 24.6. The molecular formula is C17H37N3O6P2. The van der Waals surface area contributed by atoms with E-state index in [0.29, 0.717) is 51.4 Å². The monoisotopic (exact) mass is 441 g/mol. The van der Waals surface area contributed by atoms with Gasteiger partial charge in [-0.25, -0.2) is 0 Å². The zero-order valence-corrected chi connectivity index (χ0v) is 18.3. The minimum absolute atomic E-state index is 0.302. The van der Waals surface area contributed by atoms with Gasteiger partial charge in [-0.05, 0) is 25.7 Å². The van der Waals surface area contributed by atoms with E-state index in [1.165, 1.54) is 0 Å². The van der Waals surface area contributed by atoms with Gasteiger partial charge in [0.25, 0.3) is 0 Å². The summed E-state index contributed by atoms with van der Waals surface area (Å²) in [6.45, 7) is 0. The fourth-order valence-corrected chi connectivity index (χ4v) is 8.45. The van der Waals surface area contributed by atoms with Gasteiger partial charge in [-0.15, -0.1) is 0 Å². The summed E-state index contributed by atoms with van der Waals surface area (Å²) in [5.74, 6) is 0. The summed E-state index contributed by atoms with van der Waals surface area (Å²) in [7, 11) is -9.15. The molecule has 10 N–H and O–H groups in total. The van der Waals surface area contributed by atoms with Crippen molar-refractivity contribution in [2.45, 2.75) is 93.9 Å². The van der Waals surface area contributed by atoms with Gasteiger partial charge in [-0.1, -0.05) is 51.4 Å². The zero-order chi connectivity index (χ0) is 21.3. The number of hydrogen-bond donors (Lipinski definition) is 7. The molecule has 0 radical (unpaired) electrons. The maximum absolute atomic E-state index is 13.0. The largest absolute Gasteiger partial charge is 0.332 e. The Morgan fingerprint density at radius 3 is 1.54 bits per heavy atom. The smallest absolute Gasteiger partial charge is 0.324 e. The molecule has 9 nitrogen and oxygen atoms in total. The minimum atomic E-state index is -4.65. The molecule has 0 amide bonds. The average Bonchev–Trinajstić information content (AvgIpc) is 2.94. The quantitative estimate of drug-likeness (QED) is 0.182. The Morgan fingerprint density at radius 1 is 0.786 bits per heavy atom.